The number of phenolic OH excluding ortho intramolecular Hbond substituents is 1. The van der Waals surface area contributed by atoms with E-state index in [9.17, 15) is 14.7 Å². The van der Waals surface area contributed by atoms with Crippen molar-refractivity contribution in [3.63, 3.8) is 0 Å². The van der Waals surface area contributed by atoms with Gasteiger partial charge < -0.3 is 19.9 Å². The molecule has 0 bridgehead atoms. The number of benzene rings is 1. The predicted octanol–water partition coefficient (Wildman–Crippen LogP) is 2.00. The third-order valence-electron chi connectivity index (χ3n) is 2.88. The van der Waals surface area contributed by atoms with Crippen LogP contribution in [0.5, 0.6) is 5.75 Å². The number of carbonyl (C=O) groups excluding carboxylic acids is 2. The molecule has 6 nitrogen and oxygen atoms in total. The number of unbranched alkanes of at least 4 members (excludes halogenated alkanes) is 1. The number of aromatic hydroxyl groups is 1. The molecule has 0 aliphatic carbocycles. The van der Waals surface area contributed by atoms with E-state index < -0.39 is 18.1 Å². The van der Waals surface area contributed by atoms with Gasteiger partial charge in [0.05, 0.1) is 13.7 Å². The van der Waals surface area contributed by atoms with Crippen LogP contribution in [0.4, 0.5) is 4.79 Å². The fourth-order valence-electron chi connectivity index (χ4n) is 1.70. The maximum atomic E-state index is 11.7. The quantitative estimate of drug-likeness (QED) is 0.593. The van der Waals surface area contributed by atoms with Crippen LogP contribution in [-0.2, 0) is 20.7 Å². The highest BCUT2D eigenvalue weighted by Crippen LogP contribution is 2.12. The fraction of sp³-hybridized carbons (Fsp3) is 0.467. The summed E-state index contributed by atoms with van der Waals surface area (Å²) in [4.78, 5) is 23.3. The first-order valence-corrected chi connectivity index (χ1v) is 6.85. The second kappa shape index (κ2) is 8.84. The first kappa shape index (κ1) is 16.8. The smallest absolute Gasteiger partial charge is 0.407 e. The second-order valence-corrected chi connectivity index (χ2v) is 4.58. The predicted molar refractivity (Wildman–Crippen MR) is 77.0 cm³/mol. The van der Waals surface area contributed by atoms with Crippen molar-refractivity contribution >= 4 is 12.1 Å². The lowest BCUT2D eigenvalue weighted by atomic mass is 10.1. The van der Waals surface area contributed by atoms with Gasteiger partial charge in [0.1, 0.15) is 11.8 Å². The average Bonchev–Trinajstić information content (AvgIpc) is 2.48. The van der Waals surface area contributed by atoms with E-state index in [2.05, 4.69) is 10.1 Å². The number of ether oxygens (including phenoxy) is 2. The molecule has 0 radical (unpaired) electrons. The molecule has 0 spiro atoms. The van der Waals surface area contributed by atoms with E-state index in [0.717, 1.165) is 18.4 Å². The molecule has 6 heteroatoms. The molecule has 2 N–H and O–H groups in total. The molecule has 0 aliphatic heterocycles. The van der Waals surface area contributed by atoms with Gasteiger partial charge in [-0.3, -0.25) is 0 Å². The van der Waals surface area contributed by atoms with Crippen LogP contribution < -0.4 is 5.32 Å². The van der Waals surface area contributed by atoms with E-state index in [1.54, 1.807) is 12.1 Å². The van der Waals surface area contributed by atoms with E-state index in [1.807, 2.05) is 6.92 Å². The van der Waals surface area contributed by atoms with Gasteiger partial charge in [-0.1, -0.05) is 25.5 Å². The number of phenols is 1. The van der Waals surface area contributed by atoms with Crippen molar-refractivity contribution in [3.05, 3.63) is 29.8 Å². The summed E-state index contributed by atoms with van der Waals surface area (Å²) >= 11 is 0. The summed E-state index contributed by atoms with van der Waals surface area (Å²) in [7, 11) is 1.26. The van der Waals surface area contributed by atoms with Crippen molar-refractivity contribution in [2.45, 2.75) is 32.2 Å². The largest absolute Gasteiger partial charge is 0.508 e. The van der Waals surface area contributed by atoms with Crippen molar-refractivity contribution in [2.24, 2.45) is 0 Å². The minimum Gasteiger partial charge on any atom is -0.508 e. The second-order valence-electron chi connectivity index (χ2n) is 4.58. The van der Waals surface area contributed by atoms with Crippen LogP contribution in [0.2, 0.25) is 0 Å². The number of amides is 1. The summed E-state index contributed by atoms with van der Waals surface area (Å²) in [5, 5.41) is 11.7. The van der Waals surface area contributed by atoms with Crippen molar-refractivity contribution < 1.29 is 24.2 Å². The van der Waals surface area contributed by atoms with Crippen LogP contribution in [0.3, 0.4) is 0 Å². The third kappa shape index (κ3) is 6.16. The van der Waals surface area contributed by atoms with Gasteiger partial charge in [0.2, 0.25) is 0 Å². The Morgan fingerprint density at radius 3 is 2.52 bits per heavy atom. The Kier molecular flexibility index (Phi) is 7.08. The molecule has 0 fully saturated rings. The zero-order valence-electron chi connectivity index (χ0n) is 12.3. The number of esters is 1. The maximum Gasteiger partial charge on any atom is 0.407 e. The van der Waals surface area contributed by atoms with Gasteiger partial charge in [-0.05, 0) is 24.1 Å². The molecule has 116 valence electrons. The minimum atomic E-state index is -0.825. The zero-order chi connectivity index (χ0) is 15.7. The van der Waals surface area contributed by atoms with Crippen molar-refractivity contribution in [3.8, 4) is 5.75 Å². The Balaban J connectivity index is 2.61. The fourth-order valence-corrected chi connectivity index (χ4v) is 1.70. The lowest BCUT2D eigenvalue weighted by molar-refractivity contribution is -0.142. The highest BCUT2D eigenvalue weighted by Gasteiger charge is 2.22. The number of alkyl carbamates (subject to hydrolysis) is 1. The van der Waals surface area contributed by atoms with Gasteiger partial charge in [0, 0.05) is 6.42 Å². The molecule has 21 heavy (non-hydrogen) atoms. The van der Waals surface area contributed by atoms with E-state index in [1.165, 1.54) is 19.2 Å². The molecule has 0 aromatic heterocycles. The van der Waals surface area contributed by atoms with Gasteiger partial charge in [0.25, 0.3) is 0 Å². The topological polar surface area (TPSA) is 84.9 Å². The first-order chi connectivity index (χ1) is 10.1. The van der Waals surface area contributed by atoms with Gasteiger partial charge in [-0.25, -0.2) is 9.59 Å². The number of rotatable bonds is 7. The molecule has 1 aromatic rings. The lowest BCUT2D eigenvalue weighted by Gasteiger charge is -2.16. The zero-order valence-corrected chi connectivity index (χ0v) is 12.3. The number of methoxy groups -OCH3 is 1. The normalized spacial score (nSPS) is 11.5. The molecule has 0 saturated carbocycles. The van der Waals surface area contributed by atoms with Crippen LogP contribution in [0, 0.1) is 0 Å². The van der Waals surface area contributed by atoms with Crippen molar-refractivity contribution in [1.82, 2.24) is 5.32 Å². The molecular weight excluding hydrogens is 274 g/mol. The summed E-state index contributed by atoms with van der Waals surface area (Å²) in [6.07, 6.45) is 1.31. The Hall–Kier alpha value is -2.24. The van der Waals surface area contributed by atoms with Gasteiger partial charge in [-0.15, -0.1) is 0 Å². The van der Waals surface area contributed by atoms with E-state index >= 15 is 0 Å². The number of hydrogen-bond donors (Lipinski definition) is 2. The minimum absolute atomic E-state index is 0.139. The van der Waals surface area contributed by atoms with Gasteiger partial charge in [-0.2, -0.15) is 0 Å². The molecule has 0 heterocycles. The standard InChI is InChI=1S/C15H21NO5/c1-3-4-9-21-15(19)16-13(14(18)20-2)10-11-5-7-12(17)8-6-11/h5-8,13,17H,3-4,9-10H2,1-2H3,(H,16,19). The van der Waals surface area contributed by atoms with E-state index in [0.29, 0.717) is 6.61 Å². The molecule has 1 aromatic carbocycles. The van der Waals surface area contributed by atoms with E-state index in [4.69, 9.17) is 4.74 Å². The highest BCUT2D eigenvalue weighted by atomic mass is 16.6. The van der Waals surface area contributed by atoms with Crippen LogP contribution in [0.25, 0.3) is 0 Å². The highest BCUT2D eigenvalue weighted by molar-refractivity contribution is 5.81. The Bertz CT molecular complexity index is 458. The summed E-state index contributed by atoms with van der Waals surface area (Å²) in [6, 6.07) is 5.56. The Labute approximate surface area is 124 Å². The van der Waals surface area contributed by atoms with E-state index in [-0.39, 0.29) is 12.2 Å². The average molecular weight is 295 g/mol. The number of nitrogens with one attached hydrogen (secondary N) is 1. The third-order valence-corrected chi connectivity index (χ3v) is 2.88. The Morgan fingerprint density at radius 1 is 1.29 bits per heavy atom. The van der Waals surface area contributed by atoms with Crippen LogP contribution in [0.1, 0.15) is 25.3 Å². The SMILES string of the molecule is CCCCOC(=O)NC(Cc1ccc(O)cc1)C(=O)OC. The lowest BCUT2D eigenvalue weighted by Crippen LogP contribution is -2.43. The molecule has 0 aliphatic rings. The molecular formula is C15H21NO5. The van der Waals surface area contributed by atoms with Crippen LogP contribution in [0.15, 0.2) is 24.3 Å². The molecule has 1 atom stereocenters. The maximum absolute atomic E-state index is 11.7. The van der Waals surface area contributed by atoms with Gasteiger partial charge in [0.15, 0.2) is 0 Å². The molecule has 1 rings (SSSR count). The summed E-state index contributed by atoms with van der Waals surface area (Å²) in [5.41, 5.74) is 0.789. The summed E-state index contributed by atoms with van der Waals surface area (Å²) < 4.78 is 9.64. The number of carbonyl (C=O) groups is 2. The molecule has 1 unspecified atom stereocenters. The monoisotopic (exact) mass is 295 g/mol. The molecule has 1 amide bonds. The first-order valence-electron chi connectivity index (χ1n) is 6.85. The van der Waals surface area contributed by atoms with Gasteiger partial charge >= 0.3 is 12.1 Å². The van der Waals surface area contributed by atoms with Crippen LogP contribution >= 0.6 is 0 Å². The molecule has 0 saturated heterocycles. The Morgan fingerprint density at radius 2 is 1.95 bits per heavy atom. The van der Waals surface area contributed by atoms with Crippen molar-refractivity contribution in [2.75, 3.05) is 13.7 Å². The van der Waals surface area contributed by atoms with Crippen molar-refractivity contribution in [1.29, 1.82) is 0 Å². The summed E-state index contributed by atoms with van der Waals surface area (Å²) in [5.74, 6) is -0.407. The van der Waals surface area contributed by atoms with Crippen LogP contribution in [-0.4, -0.2) is 36.9 Å². The number of hydrogen-bond acceptors (Lipinski definition) is 5. The summed E-state index contributed by atoms with van der Waals surface area (Å²) in [6.45, 7) is 2.30.